The quantitative estimate of drug-likeness (QED) is 0.662. The van der Waals surface area contributed by atoms with Crippen LogP contribution in [0.15, 0.2) is 10.6 Å². The molecule has 0 saturated heterocycles. The molecular weight excluding hydrogens is 148 g/mol. The minimum atomic E-state index is -0.557. The predicted octanol–water partition coefficient (Wildman–Crippen LogP) is 1.16. The fraction of sp³-hybridized carbons (Fsp3) is 0.333. The summed E-state index contributed by atoms with van der Waals surface area (Å²) < 4.78 is 9.02. The molecule has 0 radical (unpaired) electrons. The second kappa shape index (κ2) is 3.05. The summed E-state index contributed by atoms with van der Waals surface area (Å²) in [6.07, 6.45) is -0.557. The summed E-state index contributed by atoms with van der Waals surface area (Å²) >= 11 is 0. The van der Waals surface area contributed by atoms with Gasteiger partial charge in [-0.2, -0.15) is 0 Å². The first-order chi connectivity index (χ1) is 5.22. The van der Waals surface area contributed by atoms with E-state index >= 15 is 0 Å². The van der Waals surface area contributed by atoms with E-state index in [1.165, 1.54) is 7.11 Å². The van der Waals surface area contributed by atoms with Gasteiger partial charge in [0.25, 0.3) is 0 Å². The van der Waals surface area contributed by atoms with Gasteiger partial charge in [-0.15, -0.1) is 0 Å². The van der Waals surface area contributed by atoms with Crippen LogP contribution in [0.5, 0.6) is 0 Å². The van der Waals surface area contributed by atoms with Crippen molar-refractivity contribution in [1.29, 1.82) is 0 Å². The van der Waals surface area contributed by atoms with E-state index < -0.39 is 6.09 Å². The predicted molar refractivity (Wildman–Crippen MR) is 37.3 cm³/mol. The van der Waals surface area contributed by atoms with Crippen molar-refractivity contribution in [3.05, 3.63) is 11.8 Å². The zero-order valence-corrected chi connectivity index (χ0v) is 6.25. The Morgan fingerprint density at radius 3 is 3.00 bits per heavy atom. The second-order valence-electron chi connectivity index (χ2n) is 1.94. The van der Waals surface area contributed by atoms with E-state index in [-0.39, 0.29) is 0 Å². The van der Waals surface area contributed by atoms with Crippen molar-refractivity contribution in [3.8, 4) is 0 Å². The van der Waals surface area contributed by atoms with Crippen molar-refractivity contribution in [2.45, 2.75) is 6.92 Å². The maximum atomic E-state index is 10.6. The fourth-order valence-corrected chi connectivity index (χ4v) is 0.581. The molecule has 5 nitrogen and oxygen atoms in total. The number of aryl methyl sites for hydroxylation is 1. The van der Waals surface area contributed by atoms with Gasteiger partial charge >= 0.3 is 6.09 Å². The summed E-state index contributed by atoms with van der Waals surface area (Å²) in [5.74, 6) is 0.991. The highest BCUT2D eigenvalue weighted by molar-refractivity contribution is 5.82. The van der Waals surface area contributed by atoms with Crippen LogP contribution in [0.3, 0.4) is 0 Å². The molecule has 0 aliphatic rings. The van der Waals surface area contributed by atoms with Gasteiger partial charge in [0, 0.05) is 6.07 Å². The number of carbonyl (C=O) groups excluding carboxylic acids is 1. The minimum absolute atomic E-state index is 0.356. The summed E-state index contributed by atoms with van der Waals surface area (Å²) in [4.78, 5) is 10.6. The van der Waals surface area contributed by atoms with Crippen LogP contribution in [0.25, 0.3) is 0 Å². The molecule has 1 heterocycles. The third-order valence-electron chi connectivity index (χ3n) is 1.04. The Bertz CT molecular complexity index is 256. The van der Waals surface area contributed by atoms with Crippen molar-refractivity contribution in [2.75, 3.05) is 12.4 Å². The van der Waals surface area contributed by atoms with Crippen molar-refractivity contribution in [3.63, 3.8) is 0 Å². The fourth-order valence-electron chi connectivity index (χ4n) is 0.581. The average molecular weight is 156 g/mol. The zero-order chi connectivity index (χ0) is 8.27. The number of amides is 1. The molecule has 0 bridgehead atoms. The third-order valence-corrected chi connectivity index (χ3v) is 1.04. The number of hydrogen-bond acceptors (Lipinski definition) is 4. The maximum absolute atomic E-state index is 10.6. The first-order valence-corrected chi connectivity index (χ1v) is 3.00. The number of carbonyl (C=O) groups is 1. The van der Waals surface area contributed by atoms with Crippen LogP contribution in [0, 0.1) is 6.92 Å². The molecule has 0 fully saturated rings. The molecule has 0 saturated carbocycles. The molecule has 0 spiro atoms. The molecule has 0 aliphatic carbocycles. The Morgan fingerprint density at radius 1 is 1.82 bits per heavy atom. The summed E-state index contributed by atoms with van der Waals surface area (Å²) in [6, 6.07) is 1.59. The highest BCUT2D eigenvalue weighted by Crippen LogP contribution is 2.06. The number of methoxy groups -OCH3 is 1. The maximum Gasteiger partial charge on any atom is 0.412 e. The molecule has 11 heavy (non-hydrogen) atoms. The molecular formula is C6H8N2O3. The lowest BCUT2D eigenvalue weighted by Gasteiger charge is -1.95. The van der Waals surface area contributed by atoms with E-state index in [1.54, 1.807) is 13.0 Å². The molecule has 0 aliphatic heterocycles. The number of hydrogen-bond donors (Lipinski definition) is 1. The number of rotatable bonds is 1. The van der Waals surface area contributed by atoms with Gasteiger partial charge in [-0.25, -0.2) is 4.79 Å². The SMILES string of the molecule is COC(=O)Nc1cc(C)on1. The smallest absolute Gasteiger partial charge is 0.412 e. The highest BCUT2D eigenvalue weighted by Gasteiger charge is 2.03. The van der Waals surface area contributed by atoms with E-state index in [1.807, 2.05) is 0 Å². The van der Waals surface area contributed by atoms with E-state index in [2.05, 4.69) is 19.7 Å². The Labute approximate surface area is 63.3 Å². The van der Waals surface area contributed by atoms with Gasteiger partial charge in [0.05, 0.1) is 7.11 Å². The van der Waals surface area contributed by atoms with Gasteiger partial charge < -0.3 is 9.26 Å². The molecule has 1 aromatic heterocycles. The van der Waals surface area contributed by atoms with Crippen LogP contribution in [0.4, 0.5) is 10.6 Å². The van der Waals surface area contributed by atoms with Crippen LogP contribution in [-0.2, 0) is 4.74 Å². The lowest BCUT2D eigenvalue weighted by Crippen LogP contribution is -2.10. The van der Waals surface area contributed by atoms with E-state index in [9.17, 15) is 4.79 Å². The number of ether oxygens (including phenoxy) is 1. The summed E-state index contributed by atoms with van der Waals surface area (Å²) in [7, 11) is 1.28. The monoisotopic (exact) mass is 156 g/mol. The zero-order valence-electron chi connectivity index (χ0n) is 6.25. The van der Waals surface area contributed by atoms with Gasteiger partial charge in [-0.1, -0.05) is 5.16 Å². The largest absolute Gasteiger partial charge is 0.453 e. The summed E-state index contributed by atoms with van der Waals surface area (Å²) in [5, 5.41) is 5.86. The Morgan fingerprint density at radius 2 is 2.55 bits per heavy atom. The summed E-state index contributed by atoms with van der Waals surface area (Å²) in [6.45, 7) is 1.73. The number of nitrogens with zero attached hydrogens (tertiary/aromatic N) is 1. The first kappa shape index (κ1) is 7.59. The number of aromatic nitrogens is 1. The standard InChI is InChI=1S/C6H8N2O3/c1-4-3-5(8-11-4)7-6(9)10-2/h3H,1-2H3,(H,7,8,9). The Hall–Kier alpha value is -1.52. The topological polar surface area (TPSA) is 64.4 Å². The first-order valence-electron chi connectivity index (χ1n) is 3.00. The average Bonchev–Trinajstić information content (AvgIpc) is 2.35. The molecule has 1 N–H and O–H groups in total. The van der Waals surface area contributed by atoms with E-state index in [4.69, 9.17) is 0 Å². The van der Waals surface area contributed by atoms with Gasteiger partial charge in [-0.3, -0.25) is 5.32 Å². The van der Waals surface area contributed by atoms with Crippen molar-refractivity contribution in [2.24, 2.45) is 0 Å². The van der Waals surface area contributed by atoms with Crippen LogP contribution in [0.1, 0.15) is 5.76 Å². The van der Waals surface area contributed by atoms with Gasteiger partial charge in [0.2, 0.25) is 0 Å². The van der Waals surface area contributed by atoms with Gasteiger partial charge in [0.1, 0.15) is 5.76 Å². The molecule has 0 unspecified atom stereocenters. The minimum Gasteiger partial charge on any atom is -0.453 e. The van der Waals surface area contributed by atoms with Crippen molar-refractivity contribution < 1.29 is 14.1 Å². The van der Waals surface area contributed by atoms with Crippen molar-refractivity contribution in [1.82, 2.24) is 5.16 Å². The number of anilines is 1. The molecule has 0 aromatic carbocycles. The van der Waals surface area contributed by atoms with E-state index in [0.717, 1.165) is 0 Å². The van der Waals surface area contributed by atoms with Crippen LogP contribution in [0.2, 0.25) is 0 Å². The second-order valence-corrected chi connectivity index (χ2v) is 1.94. The van der Waals surface area contributed by atoms with E-state index in [0.29, 0.717) is 11.6 Å². The summed E-state index contributed by atoms with van der Waals surface area (Å²) in [5.41, 5.74) is 0. The molecule has 0 atom stereocenters. The van der Waals surface area contributed by atoms with Crippen LogP contribution < -0.4 is 5.32 Å². The van der Waals surface area contributed by atoms with Crippen molar-refractivity contribution >= 4 is 11.9 Å². The Kier molecular flexibility index (Phi) is 2.10. The lowest BCUT2D eigenvalue weighted by molar-refractivity contribution is 0.186. The third kappa shape index (κ3) is 1.96. The molecule has 1 amide bonds. The normalized spacial score (nSPS) is 9.27. The number of nitrogens with one attached hydrogen (secondary N) is 1. The Balaban J connectivity index is 2.57. The van der Waals surface area contributed by atoms with Crippen LogP contribution in [-0.4, -0.2) is 18.4 Å². The lowest BCUT2D eigenvalue weighted by atomic mass is 10.5. The molecule has 5 heteroatoms. The van der Waals surface area contributed by atoms with Gasteiger partial charge in [0.15, 0.2) is 5.82 Å². The molecule has 60 valence electrons. The van der Waals surface area contributed by atoms with Crippen LogP contribution >= 0.6 is 0 Å². The highest BCUT2D eigenvalue weighted by atomic mass is 16.5. The molecule has 1 aromatic rings. The molecule has 1 rings (SSSR count). The van der Waals surface area contributed by atoms with Gasteiger partial charge in [-0.05, 0) is 6.92 Å².